The number of allylic oxidation sites excluding steroid dienone is 4. The van der Waals surface area contributed by atoms with Gasteiger partial charge in [0.25, 0.3) is 0 Å². The first kappa shape index (κ1) is 27.8. The van der Waals surface area contributed by atoms with Gasteiger partial charge in [-0.15, -0.1) is 0 Å². The molecule has 0 amide bonds. The summed E-state index contributed by atoms with van der Waals surface area (Å²) in [6.45, 7) is 10.7. The first-order valence-corrected chi connectivity index (χ1v) is 13.1. The summed E-state index contributed by atoms with van der Waals surface area (Å²) < 4.78 is 0. The first-order valence-electron chi connectivity index (χ1n) is 13.1. The predicted molar refractivity (Wildman–Crippen MR) is 159 cm³/mol. The number of aliphatic imine (C=N–C) groups is 4. The van der Waals surface area contributed by atoms with Crippen molar-refractivity contribution in [3.8, 4) is 0 Å². The molecule has 0 spiro atoms. The maximum atomic E-state index is 4.83. The van der Waals surface area contributed by atoms with Crippen molar-refractivity contribution < 1.29 is 0 Å². The Morgan fingerprint density at radius 3 is 1.70 bits per heavy atom. The minimum atomic E-state index is 0.720. The minimum Gasteiger partial charge on any atom is -0.384 e. The molecule has 0 radical (unpaired) electrons. The maximum absolute atomic E-state index is 4.83. The highest BCUT2D eigenvalue weighted by Gasteiger charge is 2.05. The number of nitrogens with one attached hydrogen (secondary N) is 2. The molecule has 1 heterocycles. The summed E-state index contributed by atoms with van der Waals surface area (Å²) in [5.41, 5.74) is 7.71. The van der Waals surface area contributed by atoms with Crippen LogP contribution in [0.3, 0.4) is 0 Å². The molecule has 0 fully saturated rings. The zero-order chi connectivity index (χ0) is 26.1. The fraction of sp³-hybridized carbons (Fsp3) is 0.355. The molecule has 0 unspecified atom stereocenters. The summed E-state index contributed by atoms with van der Waals surface area (Å²) in [4.78, 5) is 18.8. The number of hydrogen-bond acceptors (Lipinski definition) is 6. The van der Waals surface area contributed by atoms with E-state index >= 15 is 0 Å². The Morgan fingerprint density at radius 1 is 0.649 bits per heavy atom. The molecule has 2 aromatic rings. The van der Waals surface area contributed by atoms with E-state index in [0.29, 0.717) is 0 Å². The molecular weight excluding hydrogens is 456 g/mol. The van der Waals surface area contributed by atoms with Crippen LogP contribution in [0.15, 0.2) is 103 Å². The standard InChI is InChI=1S/C31H40N6/c1-25(36-20-28-12-6-4-7-13-28)30-22-32-16-10-17-34-24-31(26(2)35-19-11-18-33-23-30)27(3)37-21-29-14-8-5-9-15-29/h4-9,12-15,22-24,36-37H,10-11,16-21H2,1-3H3/b30-25-,31-27-,32-22?,33-23?,34-24?,35-26?. The largest absolute Gasteiger partial charge is 0.384 e. The number of hydrogen-bond donors (Lipinski definition) is 2. The number of nitrogens with zero attached hydrogens (tertiary/aromatic N) is 4. The van der Waals surface area contributed by atoms with Crippen molar-refractivity contribution in [3.05, 3.63) is 94.3 Å². The van der Waals surface area contributed by atoms with Crippen LogP contribution in [0.2, 0.25) is 0 Å². The summed E-state index contributed by atoms with van der Waals surface area (Å²) in [6.07, 6.45) is 7.59. The molecule has 0 aliphatic carbocycles. The Bertz CT molecular complexity index is 1140. The first-order chi connectivity index (χ1) is 18.1. The van der Waals surface area contributed by atoms with Gasteiger partial charge in [0.05, 0.1) is 0 Å². The summed E-state index contributed by atoms with van der Waals surface area (Å²) in [6, 6.07) is 20.8. The van der Waals surface area contributed by atoms with Crippen LogP contribution < -0.4 is 10.6 Å². The second kappa shape index (κ2) is 16.0. The van der Waals surface area contributed by atoms with Gasteiger partial charge in [-0.05, 0) is 44.7 Å². The average Bonchev–Trinajstić information content (AvgIpc) is 2.93. The fourth-order valence-corrected chi connectivity index (χ4v) is 3.78. The van der Waals surface area contributed by atoms with E-state index < -0.39 is 0 Å². The Hall–Kier alpha value is -3.80. The molecule has 0 saturated heterocycles. The van der Waals surface area contributed by atoms with Crippen molar-refractivity contribution in [2.75, 3.05) is 26.2 Å². The topological polar surface area (TPSA) is 73.5 Å². The van der Waals surface area contributed by atoms with Crippen LogP contribution in [0.4, 0.5) is 0 Å². The SMILES string of the molecule is CC1=NCCCN=C/C(=C(/C)NCc2ccccc2)C=NCCCN=C/C1=C(\C)NCc1ccccc1. The Labute approximate surface area is 222 Å². The molecule has 0 bridgehead atoms. The molecule has 2 aromatic carbocycles. The van der Waals surface area contributed by atoms with Crippen molar-refractivity contribution in [2.45, 2.75) is 46.7 Å². The van der Waals surface area contributed by atoms with Crippen molar-refractivity contribution in [1.29, 1.82) is 0 Å². The van der Waals surface area contributed by atoms with Crippen LogP contribution in [0.5, 0.6) is 0 Å². The molecular formula is C31H40N6. The highest BCUT2D eigenvalue weighted by atomic mass is 14.9. The third kappa shape index (κ3) is 10.4. The van der Waals surface area contributed by atoms with E-state index in [0.717, 1.165) is 80.4 Å². The lowest BCUT2D eigenvalue weighted by Gasteiger charge is -2.12. The molecule has 2 N–H and O–H groups in total. The predicted octanol–water partition coefficient (Wildman–Crippen LogP) is 5.58. The Balaban J connectivity index is 1.66. The molecule has 1 aliphatic heterocycles. The average molecular weight is 497 g/mol. The lowest BCUT2D eigenvalue weighted by molar-refractivity contribution is 0.806. The molecule has 1 aliphatic rings. The van der Waals surface area contributed by atoms with Gasteiger partial charge in [0, 0.05) is 86.2 Å². The lowest BCUT2D eigenvalue weighted by atomic mass is 10.1. The van der Waals surface area contributed by atoms with Gasteiger partial charge in [-0.2, -0.15) is 0 Å². The van der Waals surface area contributed by atoms with Crippen LogP contribution in [0.25, 0.3) is 0 Å². The van der Waals surface area contributed by atoms with Gasteiger partial charge in [-0.25, -0.2) is 0 Å². The van der Waals surface area contributed by atoms with E-state index in [1.165, 1.54) is 11.1 Å². The second-order valence-electron chi connectivity index (χ2n) is 9.08. The number of rotatable bonds is 6. The third-order valence-electron chi connectivity index (χ3n) is 6.08. The van der Waals surface area contributed by atoms with Crippen molar-refractivity contribution in [1.82, 2.24) is 10.6 Å². The van der Waals surface area contributed by atoms with Crippen LogP contribution in [0.1, 0.15) is 44.7 Å². The van der Waals surface area contributed by atoms with Crippen molar-refractivity contribution >= 4 is 24.4 Å². The van der Waals surface area contributed by atoms with E-state index in [4.69, 9.17) is 9.98 Å². The Kier molecular flexibility index (Phi) is 12.0. The summed E-state index contributed by atoms with van der Waals surface area (Å²) >= 11 is 0. The molecule has 0 aromatic heterocycles. The van der Waals surface area contributed by atoms with Crippen LogP contribution >= 0.6 is 0 Å². The van der Waals surface area contributed by atoms with E-state index in [1.807, 2.05) is 30.8 Å². The van der Waals surface area contributed by atoms with Crippen LogP contribution in [-0.4, -0.2) is 50.5 Å². The van der Waals surface area contributed by atoms with Crippen LogP contribution in [0, 0.1) is 0 Å². The van der Waals surface area contributed by atoms with Gasteiger partial charge < -0.3 is 10.6 Å². The van der Waals surface area contributed by atoms with Gasteiger partial charge in [0.15, 0.2) is 0 Å². The van der Waals surface area contributed by atoms with E-state index in [-0.39, 0.29) is 0 Å². The van der Waals surface area contributed by atoms with Gasteiger partial charge in [0.2, 0.25) is 0 Å². The highest BCUT2D eigenvalue weighted by molar-refractivity contribution is 6.15. The van der Waals surface area contributed by atoms with Crippen molar-refractivity contribution in [3.63, 3.8) is 0 Å². The molecule has 0 saturated carbocycles. The third-order valence-corrected chi connectivity index (χ3v) is 6.08. The molecule has 0 atom stereocenters. The van der Waals surface area contributed by atoms with E-state index in [1.54, 1.807) is 0 Å². The quantitative estimate of drug-likeness (QED) is 0.548. The molecule has 3 rings (SSSR count). The Morgan fingerprint density at radius 2 is 1.14 bits per heavy atom. The molecule has 6 nitrogen and oxygen atoms in total. The molecule has 194 valence electrons. The summed E-state index contributed by atoms with van der Waals surface area (Å²) in [5, 5.41) is 7.04. The van der Waals surface area contributed by atoms with E-state index in [9.17, 15) is 0 Å². The number of benzene rings is 2. The van der Waals surface area contributed by atoms with Crippen LogP contribution in [-0.2, 0) is 13.1 Å². The van der Waals surface area contributed by atoms with Gasteiger partial charge in [-0.3, -0.25) is 20.0 Å². The lowest BCUT2D eigenvalue weighted by Crippen LogP contribution is -2.16. The summed E-state index contributed by atoms with van der Waals surface area (Å²) in [5.74, 6) is 0. The van der Waals surface area contributed by atoms with Gasteiger partial charge in [0.1, 0.15) is 0 Å². The normalized spacial score (nSPS) is 18.2. The van der Waals surface area contributed by atoms with Gasteiger partial charge >= 0.3 is 0 Å². The monoisotopic (exact) mass is 496 g/mol. The zero-order valence-corrected chi connectivity index (χ0v) is 22.5. The second-order valence-corrected chi connectivity index (χ2v) is 9.08. The fourth-order valence-electron chi connectivity index (χ4n) is 3.78. The highest BCUT2D eigenvalue weighted by Crippen LogP contribution is 2.07. The van der Waals surface area contributed by atoms with Gasteiger partial charge in [-0.1, -0.05) is 60.7 Å². The van der Waals surface area contributed by atoms with Crippen molar-refractivity contribution in [2.24, 2.45) is 20.0 Å². The minimum absolute atomic E-state index is 0.720. The molecule has 37 heavy (non-hydrogen) atoms. The summed E-state index contributed by atoms with van der Waals surface area (Å²) in [7, 11) is 0. The zero-order valence-electron chi connectivity index (χ0n) is 22.5. The van der Waals surface area contributed by atoms with E-state index in [2.05, 4.69) is 89.9 Å². The smallest absolute Gasteiger partial charge is 0.0422 e. The molecule has 6 heteroatoms. The maximum Gasteiger partial charge on any atom is 0.0422 e.